The standard InChI is InChI=1S/C19H36O2Si/c1-14(13-20)19(5)12-11-15-16(19)9-8-10-17(15)21-22(6,7)18(2,3)4/h9,14-15,17,20H,8,10-13H2,1-7H3/t14-,15+,17-,19-/m0/s1. The van der Waals surface area contributed by atoms with Crippen LogP contribution in [-0.2, 0) is 4.43 Å². The molecule has 0 bridgehead atoms. The largest absolute Gasteiger partial charge is 0.413 e. The summed E-state index contributed by atoms with van der Waals surface area (Å²) < 4.78 is 6.80. The number of aliphatic hydroxyl groups is 1. The van der Waals surface area contributed by atoms with Gasteiger partial charge in [0.2, 0.25) is 0 Å². The molecule has 4 atom stereocenters. The van der Waals surface area contributed by atoms with Crippen LogP contribution < -0.4 is 0 Å². The summed E-state index contributed by atoms with van der Waals surface area (Å²) in [5.74, 6) is 0.928. The Morgan fingerprint density at radius 1 is 1.36 bits per heavy atom. The Balaban J connectivity index is 2.19. The van der Waals surface area contributed by atoms with Gasteiger partial charge < -0.3 is 9.53 Å². The lowest BCUT2D eigenvalue weighted by molar-refractivity contribution is 0.113. The lowest BCUT2D eigenvalue weighted by atomic mass is 9.70. The van der Waals surface area contributed by atoms with Crippen molar-refractivity contribution in [2.45, 2.75) is 84.5 Å². The van der Waals surface area contributed by atoms with E-state index < -0.39 is 8.32 Å². The van der Waals surface area contributed by atoms with Gasteiger partial charge in [0.05, 0.1) is 6.10 Å². The minimum absolute atomic E-state index is 0.175. The van der Waals surface area contributed by atoms with E-state index in [9.17, 15) is 5.11 Å². The van der Waals surface area contributed by atoms with E-state index >= 15 is 0 Å². The Kier molecular flexibility index (Phi) is 5.02. The maximum Gasteiger partial charge on any atom is 0.192 e. The van der Waals surface area contributed by atoms with Crippen LogP contribution >= 0.6 is 0 Å². The van der Waals surface area contributed by atoms with Crippen molar-refractivity contribution in [3.8, 4) is 0 Å². The second-order valence-corrected chi connectivity index (χ2v) is 14.1. The van der Waals surface area contributed by atoms with Crippen molar-refractivity contribution in [1.29, 1.82) is 0 Å². The Labute approximate surface area is 138 Å². The lowest BCUT2D eigenvalue weighted by Crippen LogP contribution is -2.46. The first-order chi connectivity index (χ1) is 10.0. The van der Waals surface area contributed by atoms with Crippen LogP contribution in [0.3, 0.4) is 0 Å². The number of rotatable bonds is 4. The zero-order valence-corrected chi connectivity index (χ0v) is 16.7. The number of fused-ring (bicyclic) bond motifs is 1. The van der Waals surface area contributed by atoms with Gasteiger partial charge in [-0.3, -0.25) is 0 Å². The molecule has 0 aliphatic heterocycles. The zero-order chi connectivity index (χ0) is 16.8. The van der Waals surface area contributed by atoms with Crippen LogP contribution in [0.15, 0.2) is 11.6 Å². The van der Waals surface area contributed by atoms with Crippen molar-refractivity contribution in [3.05, 3.63) is 11.6 Å². The molecule has 0 saturated heterocycles. The van der Waals surface area contributed by atoms with Crippen molar-refractivity contribution in [3.63, 3.8) is 0 Å². The highest BCUT2D eigenvalue weighted by molar-refractivity contribution is 6.74. The van der Waals surface area contributed by atoms with Crippen LogP contribution in [0.1, 0.15) is 60.3 Å². The molecule has 0 aromatic carbocycles. The minimum atomic E-state index is -1.71. The van der Waals surface area contributed by atoms with Gasteiger partial charge in [-0.1, -0.05) is 46.3 Å². The maximum atomic E-state index is 9.66. The molecule has 2 nitrogen and oxygen atoms in total. The molecule has 0 amide bonds. The molecule has 2 rings (SSSR count). The van der Waals surface area contributed by atoms with Crippen molar-refractivity contribution in [1.82, 2.24) is 0 Å². The minimum Gasteiger partial charge on any atom is -0.413 e. The molecule has 3 heteroatoms. The Morgan fingerprint density at radius 2 is 2.00 bits per heavy atom. The summed E-state index contributed by atoms with van der Waals surface area (Å²) in [5.41, 5.74) is 1.76. The Bertz CT molecular complexity index is 435. The second-order valence-electron chi connectivity index (χ2n) is 9.30. The number of hydrogen-bond acceptors (Lipinski definition) is 2. The monoisotopic (exact) mass is 324 g/mol. The van der Waals surface area contributed by atoms with E-state index in [1.807, 2.05) is 0 Å². The summed E-state index contributed by atoms with van der Waals surface area (Å²) in [6.07, 6.45) is 7.60. The Morgan fingerprint density at radius 3 is 2.55 bits per heavy atom. The van der Waals surface area contributed by atoms with Gasteiger partial charge in [0.1, 0.15) is 0 Å². The van der Waals surface area contributed by atoms with Gasteiger partial charge >= 0.3 is 0 Å². The van der Waals surface area contributed by atoms with E-state index in [0.29, 0.717) is 17.9 Å². The molecule has 1 saturated carbocycles. The molecule has 0 spiro atoms. The van der Waals surface area contributed by atoms with Crippen molar-refractivity contribution in [2.24, 2.45) is 17.3 Å². The van der Waals surface area contributed by atoms with Crippen LogP contribution in [0.5, 0.6) is 0 Å². The summed E-state index contributed by atoms with van der Waals surface area (Å²) in [7, 11) is -1.71. The first-order valence-corrected chi connectivity index (χ1v) is 11.9. The third kappa shape index (κ3) is 3.09. The van der Waals surface area contributed by atoms with Gasteiger partial charge in [-0.15, -0.1) is 0 Å². The summed E-state index contributed by atoms with van der Waals surface area (Å²) in [5, 5.41) is 9.93. The van der Waals surface area contributed by atoms with Gasteiger partial charge in [-0.05, 0) is 55.1 Å². The summed E-state index contributed by atoms with van der Waals surface area (Å²) in [4.78, 5) is 0. The van der Waals surface area contributed by atoms with Crippen LogP contribution in [0.25, 0.3) is 0 Å². The normalized spacial score (nSPS) is 34.3. The predicted molar refractivity (Wildman–Crippen MR) is 96.5 cm³/mol. The fraction of sp³-hybridized carbons (Fsp3) is 0.895. The highest BCUT2D eigenvalue weighted by Gasteiger charge is 2.49. The molecular formula is C19H36O2Si. The molecule has 2 aliphatic rings. The first kappa shape index (κ1) is 18.2. The highest BCUT2D eigenvalue weighted by Crippen LogP contribution is 2.55. The summed E-state index contributed by atoms with van der Waals surface area (Å²) in [6, 6.07) is 0. The van der Waals surface area contributed by atoms with E-state index in [0.717, 1.165) is 6.42 Å². The van der Waals surface area contributed by atoms with Crippen molar-refractivity contribution >= 4 is 8.32 Å². The molecule has 0 aromatic heterocycles. The van der Waals surface area contributed by atoms with E-state index in [2.05, 4.69) is 53.8 Å². The highest BCUT2D eigenvalue weighted by atomic mass is 28.4. The average Bonchev–Trinajstić information content (AvgIpc) is 2.76. The van der Waals surface area contributed by atoms with E-state index in [1.165, 1.54) is 19.3 Å². The van der Waals surface area contributed by atoms with Crippen LogP contribution in [0.2, 0.25) is 18.1 Å². The quantitative estimate of drug-likeness (QED) is 0.573. The average molecular weight is 325 g/mol. The molecule has 0 unspecified atom stereocenters. The molecule has 1 N–H and O–H groups in total. The maximum absolute atomic E-state index is 9.66. The SMILES string of the molecule is C[C@@H](CO)[C@]1(C)CC[C@@H]2C1=CCC[C@@H]2O[Si](C)(C)C(C)(C)C. The predicted octanol–water partition coefficient (Wildman–Crippen LogP) is 5.14. The number of aliphatic hydroxyl groups excluding tert-OH is 1. The first-order valence-electron chi connectivity index (χ1n) is 9.02. The van der Waals surface area contributed by atoms with Gasteiger partial charge in [0, 0.05) is 12.5 Å². The molecule has 2 aliphatic carbocycles. The lowest BCUT2D eigenvalue weighted by Gasteiger charge is -2.43. The molecule has 128 valence electrons. The molecular weight excluding hydrogens is 288 g/mol. The summed E-state index contributed by atoms with van der Waals surface area (Å²) in [6.45, 7) is 16.6. The molecule has 22 heavy (non-hydrogen) atoms. The zero-order valence-electron chi connectivity index (χ0n) is 15.7. The van der Waals surface area contributed by atoms with E-state index in [-0.39, 0.29) is 17.1 Å². The van der Waals surface area contributed by atoms with Crippen LogP contribution in [0.4, 0.5) is 0 Å². The van der Waals surface area contributed by atoms with Gasteiger partial charge in [-0.2, -0.15) is 0 Å². The molecule has 0 aromatic rings. The summed E-state index contributed by atoms with van der Waals surface area (Å²) >= 11 is 0. The Hall–Kier alpha value is -0.123. The van der Waals surface area contributed by atoms with Gasteiger partial charge in [-0.25, -0.2) is 0 Å². The molecule has 1 fully saturated rings. The van der Waals surface area contributed by atoms with E-state index in [1.54, 1.807) is 5.57 Å². The topological polar surface area (TPSA) is 29.5 Å². The third-order valence-electron chi connectivity index (χ3n) is 6.91. The van der Waals surface area contributed by atoms with Crippen molar-refractivity contribution in [2.75, 3.05) is 6.61 Å². The molecule has 0 heterocycles. The van der Waals surface area contributed by atoms with Crippen molar-refractivity contribution < 1.29 is 9.53 Å². The fourth-order valence-electron chi connectivity index (χ4n) is 3.98. The smallest absolute Gasteiger partial charge is 0.192 e. The third-order valence-corrected chi connectivity index (χ3v) is 11.4. The van der Waals surface area contributed by atoms with E-state index in [4.69, 9.17) is 4.43 Å². The second kappa shape index (κ2) is 6.07. The molecule has 0 radical (unpaired) electrons. The number of hydrogen-bond donors (Lipinski definition) is 1. The van der Waals surface area contributed by atoms with Crippen LogP contribution in [-0.4, -0.2) is 26.1 Å². The van der Waals surface area contributed by atoms with Gasteiger partial charge in [0.25, 0.3) is 0 Å². The van der Waals surface area contributed by atoms with Crippen LogP contribution in [0, 0.1) is 17.3 Å². The fourth-order valence-corrected chi connectivity index (χ4v) is 5.37. The van der Waals surface area contributed by atoms with Gasteiger partial charge in [0.15, 0.2) is 8.32 Å². The number of allylic oxidation sites excluding steroid dienone is 1.